The van der Waals surface area contributed by atoms with Crippen molar-refractivity contribution in [2.45, 2.75) is 36.9 Å². The third-order valence-electron chi connectivity index (χ3n) is 8.73. The molecule has 2 aliphatic rings. The lowest BCUT2D eigenvalue weighted by Crippen LogP contribution is -2.55. The fourth-order valence-corrected chi connectivity index (χ4v) is 8.42. The fraction of sp³-hybridized carbons (Fsp3) is 0.265. The molecule has 0 unspecified atom stereocenters. The Labute approximate surface area is 241 Å². The highest BCUT2D eigenvalue weighted by Crippen LogP contribution is 2.47. The molecule has 4 aromatic rings. The fourth-order valence-electron chi connectivity index (χ4n) is 6.84. The Morgan fingerprint density at radius 2 is 1.61 bits per heavy atom. The third kappa shape index (κ3) is 4.35. The average Bonchev–Trinajstić information content (AvgIpc) is 3.59. The van der Waals surface area contributed by atoms with Gasteiger partial charge in [0.05, 0.1) is 28.8 Å². The molecule has 2 saturated heterocycles. The molecular weight excluding hydrogens is 532 g/mol. The number of piperidine rings is 1. The van der Waals surface area contributed by atoms with E-state index in [9.17, 15) is 13.2 Å². The number of hydrogen-bond acceptors (Lipinski definition) is 4. The molecule has 6 nitrogen and oxygen atoms in total. The minimum absolute atomic E-state index is 0.00807. The predicted octanol–water partition coefficient (Wildman–Crippen LogP) is 6.45. The minimum atomic E-state index is -3.93. The summed E-state index contributed by atoms with van der Waals surface area (Å²) in [6.45, 7) is 10.7. The molecule has 3 aromatic carbocycles. The van der Waals surface area contributed by atoms with E-state index < -0.39 is 15.9 Å². The monoisotopic (exact) mass is 566 g/mol. The van der Waals surface area contributed by atoms with Crippen LogP contribution in [0, 0.1) is 17.8 Å². The van der Waals surface area contributed by atoms with Crippen molar-refractivity contribution in [2.24, 2.45) is 17.8 Å². The predicted molar refractivity (Wildman–Crippen MR) is 161 cm³/mol. The van der Waals surface area contributed by atoms with Crippen LogP contribution >= 0.6 is 0 Å². The van der Waals surface area contributed by atoms with Gasteiger partial charge in [0, 0.05) is 17.2 Å². The molecule has 0 aliphatic carbocycles. The van der Waals surface area contributed by atoms with E-state index in [1.54, 1.807) is 36.4 Å². The van der Waals surface area contributed by atoms with Crippen LogP contribution in [-0.4, -0.2) is 36.0 Å². The molecule has 1 amide bonds. The van der Waals surface area contributed by atoms with Gasteiger partial charge in [-0.15, -0.1) is 6.58 Å². The van der Waals surface area contributed by atoms with E-state index in [-0.39, 0.29) is 34.9 Å². The number of benzene rings is 3. The maximum Gasteiger partial charge on any atom is 0.268 e. The number of carbonyl (C=O) groups is 1. The van der Waals surface area contributed by atoms with Crippen LogP contribution in [-0.2, 0) is 26.0 Å². The van der Waals surface area contributed by atoms with E-state index in [2.05, 4.69) is 20.1 Å². The maximum absolute atomic E-state index is 14.4. The van der Waals surface area contributed by atoms with Gasteiger partial charge in [-0.25, -0.2) is 12.4 Å². The number of aromatic nitrogens is 1. The number of nitrogens with zero attached hydrogens (tertiary/aromatic N) is 2. The Morgan fingerprint density at radius 3 is 2.27 bits per heavy atom. The standard InChI is InChI=1S/C34H34N2O4S/c1-4-25-26(5-2)34-35(32(22-40-34)23-15-9-7-10-16-23)33(37)29(25)21-28-27-19-13-14-20-31(27)36(30(28)6-3)41(38,39)24-17-11-8-12-18-24/h4,6-20,25-26,29,32,34H,1,3,5,21-22H2,2H3/t25-,26+,29+,32-,34-/m0/s1. The molecule has 41 heavy (non-hydrogen) atoms. The summed E-state index contributed by atoms with van der Waals surface area (Å²) in [6.07, 6.45) is 4.34. The molecule has 6 rings (SSSR count). The van der Waals surface area contributed by atoms with Gasteiger partial charge in [-0.1, -0.05) is 86.3 Å². The van der Waals surface area contributed by atoms with Crippen LogP contribution in [0.5, 0.6) is 0 Å². The van der Waals surface area contributed by atoms with E-state index in [4.69, 9.17) is 4.74 Å². The molecule has 7 heteroatoms. The van der Waals surface area contributed by atoms with Crippen molar-refractivity contribution < 1.29 is 17.9 Å². The van der Waals surface area contributed by atoms with Crippen LogP contribution in [0.15, 0.2) is 109 Å². The SMILES string of the molecule is C=Cc1c(C[C@H]2C(=O)N3[C@H](c4ccccc4)CO[C@H]3[C@H](CC)[C@@H]2C=C)c2ccccc2n1S(=O)(=O)c1ccccc1. The quantitative estimate of drug-likeness (QED) is 0.230. The summed E-state index contributed by atoms with van der Waals surface area (Å²) in [6, 6.07) is 25.7. The number of rotatable bonds is 8. The van der Waals surface area contributed by atoms with Crippen LogP contribution < -0.4 is 0 Å². The molecular formula is C34H34N2O4S. The van der Waals surface area contributed by atoms with Crippen molar-refractivity contribution in [2.75, 3.05) is 6.61 Å². The lowest BCUT2D eigenvalue weighted by molar-refractivity contribution is -0.159. The Hall–Kier alpha value is -3.94. The second kappa shape index (κ2) is 10.8. The first-order chi connectivity index (χ1) is 19.9. The second-order valence-corrected chi connectivity index (χ2v) is 12.5. The van der Waals surface area contributed by atoms with E-state index in [0.29, 0.717) is 24.2 Å². The van der Waals surface area contributed by atoms with Gasteiger partial charge in [0.1, 0.15) is 6.23 Å². The van der Waals surface area contributed by atoms with Crippen LogP contribution in [0.3, 0.4) is 0 Å². The van der Waals surface area contributed by atoms with Crippen molar-refractivity contribution in [3.8, 4) is 0 Å². The third-order valence-corrected chi connectivity index (χ3v) is 10.5. The molecule has 210 valence electrons. The number of allylic oxidation sites excluding steroid dienone is 1. The van der Waals surface area contributed by atoms with Gasteiger partial charge in [0.15, 0.2) is 0 Å². The van der Waals surface area contributed by atoms with Crippen molar-refractivity contribution in [3.63, 3.8) is 0 Å². The van der Waals surface area contributed by atoms with Gasteiger partial charge in [0.25, 0.3) is 10.0 Å². The van der Waals surface area contributed by atoms with Crippen LogP contribution in [0.25, 0.3) is 17.0 Å². The Bertz CT molecular complexity index is 1710. The summed E-state index contributed by atoms with van der Waals surface area (Å²) in [5.41, 5.74) is 2.89. The molecule has 5 atom stereocenters. The molecule has 1 aromatic heterocycles. The zero-order valence-corrected chi connectivity index (χ0v) is 23.9. The summed E-state index contributed by atoms with van der Waals surface area (Å²) in [4.78, 5) is 16.6. The maximum atomic E-state index is 14.4. The Kier molecular flexibility index (Phi) is 7.18. The molecule has 0 saturated carbocycles. The van der Waals surface area contributed by atoms with E-state index in [0.717, 1.165) is 22.9 Å². The first-order valence-corrected chi connectivity index (χ1v) is 15.5. The number of ether oxygens (including phenoxy) is 1. The van der Waals surface area contributed by atoms with Gasteiger partial charge in [-0.2, -0.15) is 0 Å². The number of hydrogen-bond donors (Lipinski definition) is 0. The Morgan fingerprint density at radius 1 is 0.951 bits per heavy atom. The highest BCUT2D eigenvalue weighted by molar-refractivity contribution is 7.90. The highest BCUT2D eigenvalue weighted by atomic mass is 32.2. The molecule has 2 fully saturated rings. The first kappa shape index (κ1) is 27.2. The summed E-state index contributed by atoms with van der Waals surface area (Å²) < 4.78 is 35.6. The lowest BCUT2D eigenvalue weighted by atomic mass is 9.72. The molecule has 3 heterocycles. The molecule has 2 aliphatic heterocycles. The minimum Gasteiger partial charge on any atom is -0.355 e. The number of fused-ring (bicyclic) bond motifs is 2. The smallest absolute Gasteiger partial charge is 0.268 e. The van der Waals surface area contributed by atoms with Crippen molar-refractivity contribution in [3.05, 3.63) is 121 Å². The van der Waals surface area contributed by atoms with Gasteiger partial charge < -0.3 is 9.64 Å². The first-order valence-electron chi connectivity index (χ1n) is 14.1. The van der Waals surface area contributed by atoms with Gasteiger partial charge in [-0.05, 0) is 54.2 Å². The topological polar surface area (TPSA) is 68.6 Å². The van der Waals surface area contributed by atoms with E-state index in [1.807, 2.05) is 65.6 Å². The zero-order valence-electron chi connectivity index (χ0n) is 23.1. The molecule has 0 bridgehead atoms. The van der Waals surface area contributed by atoms with Crippen LogP contribution in [0.4, 0.5) is 0 Å². The number of carbonyl (C=O) groups excluding carboxylic acids is 1. The van der Waals surface area contributed by atoms with E-state index >= 15 is 0 Å². The normalized spacial score (nSPS) is 24.4. The summed E-state index contributed by atoms with van der Waals surface area (Å²) in [5.74, 6) is -0.487. The highest BCUT2D eigenvalue weighted by Gasteiger charge is 2.53. The van der Waals surface area contributed by atoms with Crippen molar-refractivity contribution in [1.29, 1.82) is 0 Å². The number of para-hydroxylation sites is 1. The van der Waals surface area contributed by atoms with Gasteiger partial charge >= 0.3 is 0 Å². The average molecular weight is 567 g/mol. The van der Waals surface area contributed by atoms with Crippen LogP contribution in [0.1, 0.15) is 36.2 Å². The van der Waals surface area contributed by atoms with Gasteiger partial charge in [-0.3, -0.25) is 4.79 Å². The second-order valence-electron chi connectivity index (χ2n) is 10.8. The van der Waals surface area contributed by atoms with E-state index in [1.165, 1.54) is 3.97 Å². The van der Waals surface area contributed by atoms with Crippen molar-refractivity contribution >= 4 is 32.9 Å². The molecule has 0 N–H and O–H groups in total. The van der Waals surface area contributed by atoms with Gasteiger partial charge in [0.2, 0.25) is 5.91 Å². The number of amides is 1. The van der Waals surface area contributed by atoms with Crippen LogP contribution in [0.2, 0.25) is 0 Å². The summed E-state index contributed by atoms with van der Waals surface area (Å²) in [5, 5.41) is 0.796. The molecule has 0 spiro atoms. The summed E-state index contributed by atoms with van der Waals surface area (Å²) >= 11 is 0. The Balaban J connectivity index is 1.48. The molecule has 0 radical (unpaired) electrons. The van der Waals surface area contributed by atoms with Crippen molar-refractivity contribution in [1.82, 2.24) is 8.87 Å². The summed E-state index contributed by atoms with van der Waals surface area (Å²) in [7, 11) is -3.93. The lowest BCUT2D eigenvalue weighted by Gasteiger charge is -2.45. The largest absolute Gasteiger partial charge is 0.355 e. The zero-order chi connectivity index (χ0) is 28.7.